The molecule has 19 heavy (non-hydrogen) atoms. The molecule has 0 aromatic heterocycles. The molecular formula is C16H22N2O. The van der Waals surface area contributed by atoms with E-state index in [0.717, 1.165) is 31.4 Å². The molecule has 2 rings (SSSR count). The van der Waals surface area contributed by atoms with Crippen LogP contribution >= 0.6 is 0 Å². The molecule has 0 saturated carbocycles. The molecule has 102 valence electrons. The van der Waals surface area contributed by atoms with Crippen LogP contribution in [0.1, 0.15) is 38.2 Å². The number of hydrogen-bond acceptors (Lipinski definition) is 1. The van der Waals surface area contributed by atoms with Gasteiger partial charge in [0.15, 0.2) is 0 Å². The predicted octanol–water partition coefficient (Wildman–Crippen LogP) is 4.17. The van der Waals surface area contributed by atoms with Crippen LogP contribution in [-0.2, 0) is 6.54 Å². The number of rotatable bonds is 6. The van der Waals surface area contributed by atoms with Crippen molar-refractivity contribution in [3.8, 4) is 0 Å². The third-order valence-corrected chi connectivity index (χ3v) is 3.63. The second-order valence-electron chi connectivity index (χ2n) is 5.02. The van der Waals surface area contributed by atoms with E-state index in [4.69, 9.17) is 0 Å². The fourth-order valence-corrected chi connectivity index (χ4v) is 2.62. The fourth-order valence-electron chi connectivity index (χ4n) is 2.62. The van der Waals surface area contributed by atoms with Crippen LogP contribution in [0.2, 0.25) is 0 Å². The minimum absolute atomic E-state index is 0.0289. The third kappa shape index (κ3) is 3.16. The maximum Gasteiger partial charge on any atom is 0.322 e. The number of benzene rings is 1. The van der Waals surface area contributed by atoms with Crippen LogP contribution in [0.4, 0.5) is 10.5 Å². The zero-order valence-electron chi connectivity index (χ0n) is 11.6. The van der Waals surface area contributed by atoms with Crippen molar-refractivity contribution in [1.29, 1.82) is 0 Å². The summed E-state index contributed by atoms with van der Waals surface area (Å²) in [5.74, 6) is 0. The largest absolute Gasteiger partial charge is 0.322 e. The molecule has 2 amide bonds. The van der Waals surface area contributed by atoms with E-state index < -0.39 is 0 Å². The van der Waals surface area contributed by atoms with E-state index in [-0.39, 0.29) is 6.03 Å². The van der Waals surface area contributed by atoms with E-state index in [9.17, 15) is 4.79 Å². The van der Waals surface area contributed by atoms with Gasteiger partial charge in [-0.25, -0.2) is 4.79 Å². The molecule has 3 nitrogen and oxygen atoms in total. The molecule has 1 aromatic carbocycles. The zero-order chi connectivity index (χ0) is 13.7. The first-order valence-electron chi connectivity index (χ1n) is 7.02. The summed E-state index contributed by atoms with van der Waals surface area (Å²) in [7, 11) is 0. The maximum atomic E-state index is 12.2. The number of fused-ring (bicyclic) bond motifs is 1. The zero-order valence-corrected chi connectivity index (χ0v) is 11.6. The van der Waals surface area contributed by atoms with Crippen LogP contribution < -0.4 is 5.32 Å². The van der Waals surface area contributed by atoms with E-state index >= 15 is 0 Å². The lowest BCUT2D eigenvalue weighted by molar-refractivity contribution is 0.171. The average molecular weight is 258 g/mol. The smallest absolute Gasteiger partial charge is 0.317 e. The average Bonchev–Trinajstić information content (AvgIpc) is 2.43. The summed E-state index contributed by atoms with van der Waals surface area (Å²) in [5, 5.41) is 2.99. The summed E-state index contributed by atoms with van der Waals surface area (Å²) >= 11 is 0. The van der Waals surface area contributed by atoms with Crippen molar-refractivity contribution < 1.29 is 4.79 Å². The van der Waals surface area contributed by atoms with Gasteiger partial charge in [-0.15, -0.1) is 6.58 Å². The van der Waals surface area contributed by atoms with Gasteiger partial charge in [-0.05, 0) is 30.9 Å². The Bertz CT molecular complexity index is 456. The summed E-state index contributed by atoms with van der Waals surface area (Å²) in [6.07, 6.45) is 6.01. The Hall–Kier alpha value is -1.77. The molecule has 1 atom stereocenters. The molecule has 0 fully saturated rings. The molecule has 0 saturated heterocycles. The molecule has 1 aliphatic rings. The standard InChI is InChI=1S/C16H22N2O/c1-3-5-10-14(8-4-2)18-12-13-9-6-7-11-15(13)17-16(18)19/h3,6-7,9,11,14H,1,4-5,8,10,12H2,2H3,(H,17,19). The number of carbonyl (C=O) groups excluding carboxylic acids is 1. The molecule has 0 bridgehead atoms. The Kier molecular flexibility index (Phi) is 4.61. The van der Waals surface area contributed by atoms with Crippen LogP contribution in [0.25, 0.3) is 0 Å². The molecule has 1 unspecified atom stereocenters. The number of hydrogen-bond donors (Lipinski definition) is 1. The first kappa shape index (κ1) is 13.7. The third-order valence-electron chi connectivity index (χ3n) is 3.63. The van der Waals surface area contributed by atoms with Crippen molar-refractivity contribution in [2.45, 2.75) is 45.2 Å². The first-order chi connectivity index (χ1) is 9.26. The number of para-hydroxylation sites is 1. The van der Waals surface area contributed by atoms with Crippen LogP contribution in [0.15, 0.2) is 36.9 Å². The lowest BCUT2D eigenvalue weighted by Gasteiger charge is -2.35. The topological polar surface area (TPSA) is 32.3 Å². The molecule has 0 spiro atoms. The second kappa shape index (κ2) is 6.41. The van der Waals surface area contributed by atoms with Crippen molar-refractivity contribution in [3.05, 3.63) is 42.5 Å². The Morgan fingerprint density at radius 1 is 1.42 bits per heavy atom. The SMILES string of the molecule is C=CCCC(CCC)N1Cc2ccccc2NC1=O. The summed E-state index contributed by atoms with van der Waals surface area (Å²) < 4.78 is 0. The number of carbonyl (C=O) groups is 1. The molecule has 0 aliphatic carbocycles. The van der Waals surface area contributed by atoms with Gasteiger partial charge in [0.25, 0.3) is 0 Å². The fraction of sp³-hybridized carbons (Fsp3) is 0.438. The number of nitrogens with zero attached hydrogens (tertiary/aromatic N) is 1. The Morgan fingerprint density at radius 3 is 2.95 bits per heavy atom. The van der Waals surface area contributed by atoms with E-state index in [0.29, 0.717) is 12.6 Å². The van der Waals surface area contributed by atoms with Crippen molar-refractivity contribution in [2.24, 2.45) is 0 Å². The normalized spacial score (nSPS) is 15.6. The number of allylic oxidation sites excluding steroid dienone is 1. The molecule has 1 aliphatic heterocycles. The van der Waals surface area contributed by atoms with Crippen molar-refractivity contribution in [2.75, 3.05) is 5.32 Å². The lowest BCUT2D eigenvalue weighted by Crippen LogP contribution is -2.45. The van der Waals surface area contributed by atoms with Gasteiger partial charge >= 0.3 is 6.03 Å². The van der Waals surface area contributed by atoms with Gasteiger partial charge in [-0.2, -0.15) is 0 Å². The second-order valence-corrected chi connectivity index (χ2v) is 5.02. The van der Waals surface area contributed by atoms with E-state index in [1.54, 1.807) is 0 Å². The van der Waals surface area contributed by atoms with Gasteiger partial charge in [0.1, 0.15) is 0 Å². The molecular weight excluding hydrogens is 236 g/mol. The van der Waals surface area contributed by atoms with Crippen molar-refractivity contribution in [1.82, 2.24) is 4.90 Å². The molecule has 1 N–H and O–H groups in total. The van der Waals surface area contributed by atoms with Crippen molar-refractivity contribution >= 4 is 11.7 Å². The van der Waals surface area contributed by atoms with E-state index in [1.165, 1.54) is 5.56 Å². The number of anilines is 1. The highest BCUT2D eigenvalue weighted by Crippen LogP contribution is 2.26. The lowest BCUT2D eigenvalue weighted by atomic mass is 10.0. The van der Waals surface area contributed by atoms with Gasteiger partial charge in [-0.3, -0.25) is 0 Å². The maximum absolute atomic E-state index is 12.2. The van der Waals surface area contributed by atoms with Gasteiger partial charge in [0, 0.05) is 18.3 Å². The minimum atomic E-state index is 0.0289. The van der Waals surface area contributed by atoms with Gasteiger partial charge < -0.3 is 10.2 Å². The first-order valence-corrected chi connectivity index (χ1v) is 7.02. The predicted molar refractivity (Wildman–Crippen MR) is 79.1 cm³/mol. The Labute approximate surface area is 115 Å². The van der Waals surface area contributed by atoms with E-state index in [2.05, 4.69) is 24.9 Å². The van der Waals surface area contributed by atoms with Crippen LogP contribution in [0.3, 0.4) is 0 Å². The molecule has 1 heterocycles. The highest BCUT2D eigenvalue weighted by atomic mass is 16.2. The van der Waals surface area contributed by atoms with Crippen molar-refractivity contribution in [3.63, 3.8) is 0 Å². The summed E-state index contributed by atoms with van der Waals surface area (Å²) in [6, 6.07) is 8.35. The van der Waals surface area contributed by atoms with Gasteiger partial charge in [-0.1, -0.05) is 37.6 Å². The number of amides is 2. The Balaban J connectivity index is 2.14. The van der Waals surface area contributed by atoms with Crippen LogP contribution in [-0.4, -0.2) is 17.0 Å². The van der Waals surface area contributed by atoms with Crippen LogP contribution in [0, 0.1) is 0 Å². The van der Waals surface area contributed by atoms with Gasteiger partial charge in [0.05, 0.1) is 0 Å². The summed E-state index contributed by atoms with van der Waals surface area (Å²) in [5.41, 5.74) is 2.14. The summed E-state index contributed by atoms with van der Waals surface area (Å²) in [6.45, 7) is 6.65. The van der Waals surface area contributed by atoms with Gasteiger partial charge in [0.2, 0.25) is 0 Å². The molecule has 1 aromatic rings. The monoisotopic (exact) mass is 258 g/mol. The van der Waals surface area contributed by atoms with E-state index in [1.807, 2.05) is 29.2 Å². The van der Waals surface area contributed by atoms with Crippen LogP contribution in [0.5, 0.6) is 0 Å². The number of nitrogens with one attached hydrogen (secondary N) is 1. The molecule has 0 radical (unpaired) electrons. The minimum Gasteiger partial charge on any atom is -0.317 e. The summed E-state index contributed by atoms with van der Waals surface area (Å²) in [4.78, 5) is 14.2. The highest BCUT2D eigenvalue weighted by Gasteiger charge is 2.27. The highest BCUT2D eigenvalue weighted by molar-refractivity contribution is 5.92. The molecule has 3 heteroatoms. The quantitative estimate of drug-likeness (QED) is 0.763. The Morgan fingerprint density at radius 2 is 2.21 bits per heavy atom. The number of urea groups is 1.